The van der Waals surface area contributed by atoms with Crippen molar-refractivity contribution < 1.29 is 9.53 Å². The quantitative estimate of drug-likeness (QED) is 0.349. The van der Waals surface area contributed by atoms with Crippen molar-refractivity contribution >= 4 is 46.4 Å². The van der Waals surface area contributed by atoms with Gasteiger partial charge in [-0.15, -0.1) is 5.10 Å². The summed E-state index contributed by atoms with van der Waals surface area (Å²) in [6.45, 7) is 4.90. The van der Waals surface area contributed by atoms with Crippen LogP contribution in [0.3, 0.4) is 0 Å². The number of para-hydroxylation sites is 1. The van der Waals surface area contributed by atoms with Gasteiger partial charge in [0.25, 0.3) is 0 Å². The smallest absolute Gasteiger partial charge is 0.375 e. The number of carbonyl (C=O) groups is 1. The van der Waals surface area contributed by atoms with Crippen molar-refractivity contribution in [1.29, 1.82) is 0 Å². The number of anilines is 2. The van der Waals surface area contributed by atoms with E-state index in [-0.39, 0.29) is 12.4 Å². The van der Waals surface area contributed by atoms with E-state index in [9.17, 15) is 4.79 Å². The first-order valence-electron chi connectivity index (χ1n) is 9.09. The highest BCUT2D eigenvalue weighted by atomic mass is 35.5. The van der Waals surface area contributed by atoms with Crippen molar-refractivity contribution in [1.82, 2.24) is 4.90 Å². The van der Waals surface area contributed by atoms with E-state index in [4.69, 9.17) is 27.9 Å². The highest BCUT2D eigenvalue weighted by Gasteiger charge is 2.26. The van der Waals surface area contributed by atoms with Crippen LogP contribution in [0.4, 0.5) is 11.4 Å². The lowest BCUT2D eigenvalue weighted by Gasteiger charge is -2.36. The predicted molar refractivity (Wildman–Crippen MR) is 114 cm³/mol. The molecule has 0 radical (unpaired) electrons. The van der Waals surface area contributed by atoms with Crippen molar-refractivity contribution in [2.75, 3.05) is 43.1 Å². The molecule has 0 saturated carbocycles. The molecule has 0 aliphatic carbocycles. The summed E-state index contributed by atoms with van der Waals surface area (Å²) in [4.78, 5) is 16.7. The van der Waals surface area contributed by atoms with Crippen LogP contribution in [-0.2, 0) is 9.53 Å². The number of rotatable bonds is 4. The molecule has 28 heavy (non-hydrogen) atoms. The molecule has 0 aromatic heterocycles. The molecule has 1 heterocycles. The molecule has 148 valence electrons. The van der Waals surface area contributed by atoms with Gasteiger partial charge in [0.2, 0.25) is 5.84 Å². The Bertz CT molecular complexity index is 837. The molecule has 0 amide bonds. The molecule has 1 aliphatic rings. The maximum absolute atomic E-state index is 12.5. The van der Waals surface area contributed by atoms with Crippen LogP contribution in [0.25, 0.3) is 0 Å². The third-order valence-electron chi connectivity index (χ3n) is 4.37. The number of nitrogens with zero attached hydrogens (tertiary/aromatic N) is 3. The van der Waals surface area contributed by atoms with Gasteiger partial charge in [-0.1, -0.05) is 41.4 Å². The third kappa shape index (κ3) is 5.09. The van der Waals surface area contributed by atoms with Crippen LogP contribution in [0.1, 0.15) is 6.92 Å². The highest BCUT2D eigenvalue weighted by molar-refractivity contribution is 6.36. The van der Waals surface area contributed by atoms with E-state index in [1.165, 1.54) is 5.69 Å². The van der Waals surface area contributed by atoms with Gasteiger partial charge in [-0.2, -0.15) is 0 Å². The minimum Gasteiger partial charge on any atom is -0.460 e. The molecule has 6 nitrogen and oxygen atoms in total. The summed E-state index contributed by atoms with van der Waals surface area (Å²) < 4.78 is 5.19. The SMILES string of the molecule is CCOC(=O)C(=NNc1cc(Cl)ccc1Cl)N1CCN(c2ccccc2)CC1. The van der Waals surface area contributed by atoms with Crippen molar-refractivity contribution in [3.8, 4) is 0 Å². The van der Waals surface area contributed by atoms with E-state index in [2.05, 4.69) is 27.6 Å². The van der Waals surface area contributed by atoms with Gasteiger partial charge in [0, 0.05) is 36.9 Å². The van der Waals surface area contributed by atoms with Gasteiger partial charge in [-0.05, 0) is 37.3 Å². The number of nitrogens with one attached hydrogen (secondary N) is 1. The molecule has 2 aromatic carbocycles. The summed E-state index contributed by atoms with van der Waals surface area (Å²) in [5.74, 6) is -0.244. The summed E-state index contributed by atoms with van der Waals surface area (Å²) in [5.41, 5.74) is 4.54. The molecule has 0 spiro atoms. The van der Waals surface area contributed by atoms with Crippen LogP contribution < -0.4 is 10.3 Å². The number of halogens is 2. The minimum atomic E-state index is -0.471. The fourth-order valence-electron chi connectivity index (χ4n) is 2.95. The Balaban J connectivity index is 1.73. The first-order valence-corrected chi connectivity index (χ1v) is 9.85. The van der Waals surface area contributed by atoms with E-state index >= 15 is 0 Å². The van der Waals surface area contributed by atoms with Gasteiger partial charge in [-0.3, -0.25) is 5.43 Å². The Kier molecular flexibility index (Phi) is 7.01. The van der Waals surface area contributed by atoms with Crippen molar-refractivity contribution in [2.45, 2.75) is 6.92 Å². The summed E-state index contributed by atoms with van der Waals surface area (Å²) in [6.07, 6.45) is 0. The summed E-state index contributed by atoms with van der Waals surface area (Å²) in [6, 6.07) is 15.2. The van der Waals surface area contributed by atoms with Crippen LogP contribution in [0.5, 0.6) is 0 Å². The van der Waals surface area contributed by atoms with Gasteiger partial charge < -0.3 is 14.5 Å². The number of ether oxygens (including phenoxy) is 1. The van der Waals surface area contributed by atoms with Gasteiger partial charge in [0.05, 0.1) is 17.3 Å². The Labute approximate surface area is 174 Å². The Morgan fingerprint density at radius 2 is 1.82 bits per heavy atom. The van der Waals surface area contributed by atoms with Crippen LogP contribution in [0.15, 0.2) is 53.6 Å². The first-order chi connectivity index (χ1) is 13.6. The Morgan fingerprint density at radius 3 is 2.50 bits per heavy atom. The minimum absolute atomic E-state index is 0.227. The maximum atomic E-state index is 12.5. The molecule has 0 bridgehead atoms. The Morgan fingerprint density at radius 1 is 1.11 bits per heavy atom. The van der Waals surface area contributed by atoms with Crippen molar-refractivity contribution in [2.24, 2.45) is 5.10 Å². The first kappa shape index (κ1) is 20.3. The second-order valence-corrected chi connectivity index (χ2v) is 7.05. The summed E-state index contributed by atoms with van der Waals surface area (Å²) >= 11 is 12.2. The van der Waals surface area contributed by atoms with Gasteiger partial charge in [0.15, 0.2) is 0 Å². The molecule has 8 heteroatoms. The number of hydrogen-bond donors (Lipinski definition) is 1. The molecule has 2 aromatic rings. The molecule has 0 atom stereocenters. The average molecular weight is 421 g/mol. The fraction of sp³-hybridized carbons (Fsp3) is 0.300. The van der Waals surface area contributed by atoms with E-state index in [0.29, 0.717) is 28.8 Å². The van der Waals surface area contributed by atoms with Gasteiger partial charge >= 0.3 is 5.97 Å². The molecule has 1 fully saturated rings. The number of piperazine rings is 1. The fourth-order valence-corrected chi connectivity index (χ4v) is 3.28. The molecule has 1 aliphatic heterocycles. The zero-order valence-corrected chi connectivity index (χ0v) is 17.1. The maximum Gasteiger partial charge on any atom is 0.375 e. The largest absolute Gasteiger partial charge is 0.460 e. The normalized spacial score (nSPS) is 14.8. The zero-order valence-electron chi connectivity index (χ0n) is 15.6. The standard InChI is InChI=1S/C20H22Cl2N4O2/c1-2-28-20(27)19(24-23-18-14-15(21)8-9-17(18)22)26-12-10-25(11-13-26)16-6-4-3-5-7-16/h3-9,14,23H,2,10-13H2,1H3. The lowest BCUT2D eigenvalue weighted by Crippen LogP contribution is -2.51. The number of benzene rings is 2. The summed E-state index contributed by atoms with van der Waals surface area (Å²) in [5, 5.41) is 5.28. The number of esters is 1. The van der Waals surface area contributed by atoms with E-state index in [1.54, 1.807) is 25.1 Å². The lowest BCUT2D eigenvalue weighted by molar-refractivity contribution is -0.135. The zero-order chi connectivity index (χ0) is 19.9. The van der Waals surface area contributed by atoms with Gasteiger partial charge in [-0.25, -0.2) is 4.79 Å². The third-order valence-corrected chi connectivity index (χ3v) is 4.93. The predicted octanol–water partition coefficient (Wildman–Crippen LogP) is 4.10. The van der Waals surface area contributed by atoms with Crippen LogP contribution >= 0.6 is 23.2 Å². The molecular formula is C20H22Cl2N4O2. The average Bonchev–Trinajstić information content (AvgIpc) is 2.72. The number of hydrazone groups is 1. The van der Waals surface area contributed by atoms with E-state index in [0.717, 1.165) is 13.1 Å². The highest BCUT2D eigenvalue weighted by Crippen LogP contribution is 2.25. The van der Waals surface area contributed by atoms with Crippen molar-refractivity contribution in [3.63, 3.8) is 0 Å². The molecular weight excluding hydrogens is 399 g/mol. The molecule has 1 N–H and O–H groups in total. The lowest BCUT2D eigenvalue weighted by atomic mass is 10.2. The molecule has 0 unspecified atom stereocenters. The van der Waals surface area contributed by atoms with Crippen LogP contribution in [0, 0.1) is 0 Å². The number of amidine groups is 1. The van der Waals surface area contributed by atoms with Crippen LogP contribution in [0.2, 0.25) is 10.0 Å². The number of hydrogen-bond acceptors (Lipinski definition) is 5. The monoisotopic (exact) mass is 420 g/mol. The van der Waals surface area contributed by atoms with E-state index in [1.807, 2.05) is 23.1 Å². The van der Waals surface area contributed by atoms with Crippen molar-refractivity contribution in [3.05, 3.63) is 58.6 Å². The topological polar surface area (TPSA) is 57.2 Å². The Hall–Kier alpha value is -2.44. The van der Waals surface area contributed by atoms with E-state index < -0.39 is 5.97 Å². The van der Waals surface area contributed by atoms with Gasteiger partial charge in [0.1, 0.15) is 0 Å². The molecule has 3 rings (SSSR count). The second-order valence-electron chi connectivity index (χ2n) is 6.20. The molecule has 1 saturated heterocycles. The summed E-state index contributed by atoms with van der Waals surface area (Å²) in [7, 11) is 0. The second kappa shape index (κ2) is 9.66. The number of carbonyl (C=O) groups excluding carboxylic acids is 1. The van der Waals surface area contributed by atoms with Crippen LogP contribution in [-0.4, -0.2) is 49.5 Å².